The van der Waals surface area contributed by atoms with Crippen LogP contribution in [-0.2, 0) is 27.8 Å². The van der Waals surface area contributed by atoms with Gasteiger partial charge in [-0.15, -0.1) is 0 Å². The summed E-state index contributed by atoms with van der Waals surface area (Å²) in [5.41, 5.74) is -0.740. The number of ether oxygens (including phenoxy) is 4. The minimum absolute atomic E-state index is 0.0285. The lowest BCUT2D eigenvalue weighted by atomic mass is 9.89. The van der Waals surface area contributed by atoms with Crippen LogP contribution in [0.3, 0.4) is 0 Å². The molecule has 12 heteroatoms. The van der Waals surface area contributed by atoms with Crippen LogP contribution in [0.15, 0.2) is 71.8 Å². The highest BCUT2D eigenvalue weighted by molar-refractivity contribution is 7.89. The van der Waals surface area contributed by atoms with Gasteiger partial charge in [-0.2, -0.15) is 4.31 Å². The van der Waals surface area contributed by atoms with Crippen LogP contribution in [-0.4, -0.2) is 71.6 Å². The molecule has 1 unspecified atom stereocenters. The Bertz CT molecular complexity index is 1610. The Hall–Kier alpha value is -3.87. The maximum absolute atomic E-state index is 14.4. The zero-order chi connectivity index (χ0) is 31.7. The number of hydrogen-bond donors (Lipinski definition) is 1. The summed E-state index contributed by atoms with van der Waals surface area (Å²) in [6.07, 6.45) is 4.70. The molecule has 6 rings (SSSR count). The van der Waals surface area contributed by atoms with Crippen LogP contribution in [0.25, 0.3) is 0 Å². The Kier molecular flexibility index (Phi) is 8.64. The molecule has 2 aliphatic heterocycles. The van der Waals surface area contributed by atoms with Crippen molar-refractivity contribution in [3.8, 4) is 17.2 Å². The molecule has 2 aromatic carbocycles. The van der Waals surface area contributed by atoms with E-state index in [-0.39, 0.29) is 43.7 Å². The lowest BCUT2D eigenvalue weighted by Gasteiger charge is -2.43. The summed E-state index contributed by atoms with van der Waals surface area (Å²) < 4.78 is 53.1. The minimum atomic E-state index is -4.06. The molecule has 3 heterocycles. The second-order valence-electron chi connectivity index (χ2n) is 12.5. The van der Waals surface area contributed by atoms with Crippen LogP contribution in [0.2, 0.25) is 0 Å². The molecule has 1 atom stereocenters. The quantitative estimate of drug-likeness (QED) is 0.298. The van der Waals surface area contributed by atoms with Gasteiger partial charge in [0.15, 0.2) is 11.5 Å². The Balaban J connectivity index is 1.32. The fourth-order valence-electron chi connectivity index (χ4n) is 6.71. The van der Waals surface area contributed by atoms with E-state index in [1.807, 2.05) is 42.5 Å². The summed E-state index contributed by atoms with van der Waals surface area (Å²) in [4.78, 5) is 18.5. The molecule has 2 fully saturated rings. The Morgan fingerprint density at radius 3 is 2.53 bits per heavy atom. The molecule has 3 aromatic rings. The smallest absolute Gasteiger partial charge is 0.410 e. The van der Waals surface area contributed by atoms with Gasteiger partial charge in [-0.05, 0) is 81.0 Å². The van der Waals surface area contributed by atoms with E-state index < -0.39 is 27.4 Å². The van der Waals surface area contributed by atoms with Crippen molar-refractivity contribution in [2.24, 2.45) is 5.92 Å². The van der Waals surface area contributed by atoms with Crippen molar-refractivity contribution < 1.29 is 37.3 Å². The van der Waals surface area contributed by atoms with Crippen LogP contribution in [0.5, 0.6) is 17.2 Å². The van der Waals surface area contributed by atoms with Gasteiger partial charge in [-0.1, -0.05) is 31.0 Å². The number of hydrogen-bond acceptors (Lipinski definition) is 8. The molecule has 1 amide bonds. The molecular formula is C33H39N3O8S. The first-order valence-electron chi connectivity index (χ1n) is 15.2. The second kappa shape index (κ2) is 12.5. The van der Waals surface area contributed by atoms with Crippen LogP contribution in [0.4, 0.5) is 4.79 Å². The first-order chi connectivity index (χ1) is 21.6. The Morgan fingerprint density at radius 1 is 1.07 bits per heavy atom. The number of nitrogens with zero attached hydrogens (tertiary/aromatic N) is 3. The van der Waals surface area contributed by atoms with Gasteiger partial charge in [0.1, 0.15) is 18.1 Å². The number of aromatic nitrogens is 1. The van der Waals surface area contributed by atoms with Gasteiger partial charge in [-0.3, -0.25) is 9.88 Å². The van der Waals surface area contributed by atoms with E-state index in [9.17, 15) is 18.3 Å². The lowest BCUT2D eigenvalue weighted by Crippen LogP contribution is -2.62. The molecular weight excluding hydrogens is 598 g/mol. The molecule has 240 valence electrons. The number of amides is 1. The number of rotatable bonds is 11. The van der Waals surface area contributed by atoms with E-state index in [1.165, 1.54) is 21.3 Å². The van der Waals surface area contributed by atoms with E-state index in [1.54, 1.807) is 26.1 Å². The van der Waals surface area contributed by atoms with Gasteiger partial charge >= 0.3 is 6.09 Å². The number of sulfonamides is 1. The van der Waals surface area contributed by atoms with Crippen molar-refractivity contribution in [3.63, 3.8) is 0 Å². The zero-order valence-electron chi connectivity index (χ0n) is 25.6. The van der Waals surface area contributed by atoms with Crippen molar-refractivity contribution in [2.45, 2.75) is 68.7 Å². The third-order valence-corrected chi connectivity index (χ3v) is 10.7. The standard InChI is InChI=1S/C33H39N3O8S/c1-32(2)36(31(37)38)33(22-44-32,18-24-10-12-27(13-11-24)41-20-26-9-5-6-16-34-26)21-35(19-25-7-3-4-8-25)45(39,40)28-14-15-29-30(17-28)43-23-42-29/h5-6,9-17,25H,3-4,7-8,18-23H2,1-2H3,(H,37,38). The summed E-state index contributed by atoms with van der Waals surface area (Å²) in [5.74, 6) is 1.68. The van der Waals surface area contributed by atoms with Crippen LogP contribution < -0.4 is 14.2 Å². The fraction of sp³-hybridized carbons (Fsp3) is 0.455. The highest BCUT2D eigenvalue weighted by Crippen LogP contribution is 2.41. The first kappa shape index (κ1) is 31.1. The number of pyridine rings is 1. The van der Waals surface area contributed by atoms with Gasteiger partial charge in [0.25, 0.3) is 0 Å². The van der Waals surface area contributed by atoms with Crippen molar-refractivity contribution in [1.82, 2.24) is 14.2 Å². The highest BCUT2D eigenvalue weighted by atomic mass is 32.2. The normalized spacial score (nSPS) is 21.0. The first-order valence-corrected chi connectivity index (χ1v) is 16.7. The monoisotopic (exact) mass is 637 g/mol. The molecule has 1 aliphatic carbocycles. The van der Waals surface area contributed by atoms with E-state index in [4.69, 9.17) is 18.9 Å². The van der Waals surface area contributed by atoms with Crippen molar-refractivity contribution >= 4 is 16.1 Å². The molecule has 11 nitrogen and oxygen atoms in total. The van der Waals surface area contributed by atoms with Crippen LogP contribution >= 0.6 is 0 Å². The molecule has 0 spiro atoms. The molecule has 0 radical (unpaired) electrons. The SMILES string of the molecule is CC1(C)OCC(Cc2ccc(OCc3ccccn3)cc2)(CN(CC2CCCC2)S(=O)(=O)c2ccc3c(c2)OCO3)N1C(=O)O. The molecule has 1 saturated carbocycles. The predicted octanol–water partition coefficient (Wildman–Crippen LogP) is 5.30. The molecule has 1 saturated heterocycles. The maximum Gasteiger partial charge on any atom is 0.410 e. The molecule has 3 aliphatic rings. The summed E-state index contributed by atoms with van der Waals surface area (Å²) in [6, 6.07) is 17.7. The average molecular weight is 638 g/mol. The summed E-state index contributed by atoms with van der Waals surface area (Å²) in [6.45, 7) is 3.98. The summed E-state index contributed by atoms with van der Waals surface area (Å²) in [5, 5.41) is 10.5. The van der Waals surface area contributed by atoms with Gasteiger partial charge in [0.05, 0.1) is 22.7 Å². The second-order valence-corrected chi connectivity index (χ2v) is 14.4. The number of benzene rings is 2. The number of fused-ring (bicyclic) bond motifs is 1. The third-order valence-electron chi connectivity index (χ3n) is 8.86. The fourth-order valence-corrected chi connectivity index (χ4v) is 8.33. The van der Waals surface area contributed by atoms with E-state index >= 15 is 0 Å². The highest BCUT2D eigenvalue weighted by Gasteiger charge is 2.56. The predicted molar refractivity (Wildman–Crippen MR) is 165 cm³/mol. The third kappa shape index (κ3) is 6.58. The van der Waals surface area contributed by atoms with Crippen LogP contribution in [0.1, 0.15) is 50.8 Å². The topological polar surface area (TPSA) is 128 Å². The van der Waals surface area contributed by atoms with Crippen molar-refractivity contribution in [2.75, 3.05) is 26.5 Å². The van der Waals surface area contributed by atoms with Crippen molar-refractivity contribution in [1.29, 1.82) is 0 Å². The molecule has 0 bridgehead atoms. The summed E-state index contributed by atoms with van der Waals surface area (Å²) >= 11 is 0. The molecule has 1 aromatic heterocycles. The number of carboxylic acid groups (broad SMARTS) is 1. The Labute approximate surface area is 263 Å². The van der Waals surface area contributed by atoms with Crippen molar-refractivity contribution in [3.05, 3.63) is 78.1 Å². The van der Waals surface area contributed by atoms with E-state index in [0.29, 0.717) is 23.9 Å². The Morgan fingerprint density at radius 2 is 1.82 bits per heavy atom. The maximum atomic E-state index is 14.4. The van der Waals surface area contributed by atoms with Gasteiger partial charge in [0, 0.05) is 25.4 Å². The number of carbonyl (C=O) groups is 1. The van der Waals surface area contributed by atoms with Gasteiger partial charge < -0.3 is 24.1 Å². The van der Waals surface area contributed by atoms with Gasteiger partial charge in [0.2, 0.25) is 16.8 Å². The largest absolute Gasteiger partial charge is 0.487 e. The van der Waals surface area contributed by atoms with Crippen LogP contribution in [0, 0.1) is 5.92 Å². The summed E-state index contributed by atoms with van der Waals surface area (Å²) in [7, 11) is -4.06. The minimum Gasteiger partial charge on any atom is -0.487 e. The zero-order valence-corrected chi connectivity index (χ0v) is 26.4. The lowest BCUT2D eigenvalue weighted by molar-refractivity contribution is -0.0482. The molecule has 45 heavy (non-hydrogen) atoms. The molecule has 1 N–H and O–H groups in total. The van der Waals surface area contributed by atoms with Gasteiger partial charge in [-0.25, -0.2) is 13.2 Å². The average Bonchev–Trinajstić information content (AvgIpc) is 3.76. The van der Waals surface area contributed by atoms with E-state index in [0.717, 1.165) is 36.9 Å². The van der Waals surface area contributed by atoms with E-state index in [2.05, 4.69) is 4.98 Å².